The molecule has 0 spiro atoms. The Bertz CT molecular complexity index is 608. The van der Waals surface area contributed by atoms with Crippen molar-refractivity contribution in [3.63, 3.8) is 0 Å². The standard InChI is InChI=1S/C16H22N4OS/c1-4-19(5-2)14(21)12-22-16-18-17-15(20(16)6-3)13-10-8-7-9-11-13/h7-11H,4-6,12H2,1-3H3. The minimum atomic E-state index is 0.141. The number of hydrogen-bond acceptors (Lipinski definition) is 4. The minimum absolute atomic E-state index is 0.141. The Morgan fingerprint density at radius 3 is 2.41 bits per heavy atom. The summed E-state index contributed by atoms with van der Waals surface area (Å²) >= 11 is 1.45. The van der Waals surface area contributed by atoms with Crippen LogP contribution in [0.4, 0.5) is 0 Å². The smallest absolute Gasteiger partial charge is 0.233 e. The van der Waals surface area contributed by atoms with Gasteiger partial charge in [-0.3, -0.25) is 4.79 Å². The summed E-state index contributed by atoms with van der Waals surface area (Å²) in [6.07, 6.45) is 0. The first kappa shape index (κ1) is 16.5. The van der Waals surface area contributed by atoms with Gasteiger partial charge in [0.05, 0.1) is 5.75 Å². The fourth-order valence-corrected chi connectivity index (χ4v) is 3.18. The van der Waals surface area contributed by atoms with Crippen LogP contribution >= 0.6 is 11.8 Å². The molecule has 0 saturated carbocycles. The van der Waals surface area contributed by atoms with Crippen molar-refractivity contribution in [2.24, 2.45) is 0 Å². The first-order valence-electron chi connectivity index (χ1n) is 7.60. The number of carbonyl (C=O) groups is 1. The van der Waals surface area contributed by atoms with Crippen molar-refractivity contribution in [2.45, 2.75) is 32.5 Å². The minimum Gasteiger partial charge on any atom is -0.343 e. The Labute approximate surface area is 135 Å². The van der Waals surface area contributed by atoms with E-state index in [1.54, 1.807) is 0 Å². The van der Waals surface area contributed by atoms with E-state index in [0.29, 0.717) is 5.75 Å². The Kier molecular flexibility index (Phi) is 6.00. The summed E-state index contributed by atoms with van der Waals surface area (Å²) in [5.41, 5.74) is 1.04. The van der Waals surface area contributed by atoms with Gasteiger partial charge in [-0.25, -0.2) is 0 Å². The van der Waals surface area contributed by atoms with Crippen LogP contribution in [0.1, 0.15) is 20.8 Å². The summed E-state index contributed by atoms with van der Waals surface area (Å²) in [5, 5.41) is 9.33. The molecule has 6 heteroatoms. The highest BCUT2D eigenvalue weighted by Gasteiger charge is 2.16. The summed E-state index contributed by atoms with van der Waals surface area (Å²) < 4.78 is 2.05. The van der Waals surface area contributed by atoms with Crippen LogP contribution in [0.5, 0.6) is 0 Å². The third kappa shape index (κ3) is 3.68. The van der Waals surface area contributed by atoms with E-state index in [4.69, 9.17) is 0 Å². The molecule has 0 bridgehead atoms. The van der Waals surface area contributed by atoms with Crippen LogP contribution in [-0.2, 0) is 11.3 Å². The number of hydrogen-bond donors (Lipinski definition) is 0. The molecule has 0 aliphatic heterocycles. The maximum Gasteiger partial charge on any atom is 0.233 e. The average Bonchev–Trinajstić information content (AvgIpc) is 2.97. The van der Waals surface area contributed by atoms with Crippen molar-refractivity contribution in [3.8, 4) is 11.4 Å². The fourth-order valence-electron chi connectivity index (χ4n) is 2.28. The van der Waals surface area contributed by atoms with E-state index in [2.05, 4.69) is 21.7 Å². The lowest BCUT2D eigenvalue weighted by Gasteiger charge is -2.18. The molecule has 0 N–H and O–H groups in total. The van der Waals surface area contributed by atoms with E-state index >= 15 is 0 Å². The van der Waals surface area contributed by atoms with E-state index in [9.17, 15) is 4.79 Å². The van der Waals surface area contributed by atoms with E-state index in [1.165, 1.54) is 11.8 Å². The molecule has 1 aromatic carbocycles. The highest BCUT2D eigenvalue weighted by Crippen LogP contribution is 2.23. The first-order chi connectivity index (χ1) is 10.7. The molecule has 0 aliphatic rings. The zero-order chi connectivity index (χ0) is 15.9. The molecule has 1 heterocycles. The van der Waals surface area contributed by atoms with Crippen molar-refractivity contribution in [1.82, 2.24) is 19.7 Å². The SMILES string of the molecule is CCN(CC)C(=O)CSc1nnc(-c2ccccc2)n1CC. The maximum absolute atomic E-state index is 12.1. The highest BCUT2D eigenvalue weighted by molar-refractivity contribution is 7.99. The Morgan fingerprint density at radius 2 is 1.82 bits per heavy atom. The number of benzene rings is 1. The van der Waals surface area contributed by atoms with E-state index in [-0.39, 0.29) is 5.91 Å². The molecule has 0 radical (unpaired) electrons. The molecule has 0 atom stereocenters. The van der Waals surface area contributed by atoms with Crippen LogP contribution in [0.2, 0.25) is 0 Å². The number of nitrogens with zero attached hydrogens (tertiary/aromatic N) is 4. The molecule has 2 rings (SSSR count). The van der Waals surface area contributed by atoms with E-state index < -0.39 is 0 Å². The van der Waals surface area contributed by atoms with Crippen molar-refractivity contribution in [3.05, 3.63) is 30.3 Å². The molecule has 1 amide bonds. The highest BCUT2D eigenvalue weighted by atomic mass is 32.2. The van der Waals surface area contributed by atoms with Crippen LogP contribution in [0, 0.1) is 0 Å². The summed E-state index contributed by atoms with van der Waals surface area (Å²) in [7, 11) is 0. The number of carbonyl (C=O) groups excluding carboxylic acids is 1. The second-order valence-corrected chi connectivity index (χ2v) is 5.71. The van der Waals surface area contributed by atoms with Gasteiger partial charge in [0, 0.05) is 25.2 Å². The van der Waals surface area contributed by atoms with Crippen molar-refractivity contribution < 1.29 is 4.79 Å². The van der Waals surface area contributed by atoms with Crippen molar-refractivity contribution >= 4 is 17.7 Å². The number of aromatic nitrogens is 3. The largest absolute Gasteiger partial charge is 0.343 e. The molecule has 118 valence electrons. The van der Waals surface area contributed by atoms with Gasteiger partial charge in [-0.2, -0.15) is 0 Å². The maximum atomic E-state index is 12.1. The third-order valence-corrected chi connectivity index (χ3v) is 4.46. The molecule has 1 aromatic heterocycles. The van der Waals surface area contributed by atoms with E-state index in [0.717, 1.165) is 36.2 Å². The molecular formula is C16H22N4OS. The molecule has 0 unspecified atom stereocenters. The summed E-state index contributed by atoms with van der Waals surface area (Å²) in [4.78, 5) is 13.9. The van der Waals surface area contributed by atoms with Crippen molar-refractivity contribution in [1.29, 1.82) is 0 Å². The van der Waals surface area contributed by atoms with Crippen LogP contribution in [0.3, 0.4) is 0 Å². The second-order valence-electron chi connectivity index (χ2n) is 4.77. The lowest BCUT2D eigenvalue weighted by molar-refractivity contribution is -0.127. The van der Waals surface area contributed by atoms with Crippen LogP contribution in [0.25, 0.3) is 11.4 Å². The quantitative estimate of drug-likeness (QED) is 0.737. The number of thioether (sulfide) groups is 1. The number of rotatable bonds is 7. The predicted octanol–water partition coefficient (Wildman–Crippen LogP) is 2.93. The lowest BCUT2D eigenvalue weighted by atomic mass is 10.2. The van der Waals surface area contributed by atoms with Gasteiger partial charge in [-0.1, -0.05) is 42.1 Å². The zero-order valence-corrected chi connectivity index (χ0v) is 14.1. The van der Waals surface area contributed by atoms with Gasteiger partial charge in [-0.05, 0) is 20.8 Å². The van der Waals surface area contributed by atoms with Gasteiger partial charge in [0.1, 0.15) is 0 Å². The first-order valence-corrected chi connectivity index (χ1v) is 8.58. The third-order valence-electron chi connectivity index (χ3n) is 3.51. The van der Waals surface area contributed by atoms with Gasteiger partial charge in [0.2, 0.25) is 5.91 Å². The second kappa shape index (κ2) is 7.98. The van der Waals surface area contributed by atoms with Gasteiger partial charge in [0.15, 0.2) is 11.0 Å². The summed E-state index contributed by atoms with van der Waals surface area (Å²) in [6.45, 7) is 8.31. The predicted molar refractivity (Wildman–Crippen MR) is 89.8 cm³/mol. The van der Waals surface area contributed by atoms with E-state index in [1.807, 2.05) is 49.1 Å². The monoisotopic (exact) mass is 318 g/mol. The molecule has 5 nitrogen and oxygen atoms in total. The Morgan fingerprint density at radius 1 is 1.14 bits per heavy atom. The van der Waals surface area contributed by atoms with Crippen LogP contribution in [-0.4, -0.2) is 44.4 Å². The summed E-state index contributed by atoms with van der Waals surface area (Å²) in [6, 6.07) is 9.99. The molecule has 22 heavy (non-hydrogen) atoms. The molecule has 0 aliphatic carbocycles. The molecular weight excluding hydrogens is 296 g/mol. The van der Waals surface area contributed by atoms with Gasteiger partial charge in [-0.15, -0.1) is 10.2 Å². The van der Waals surface area contributed by atoms with Crippen molar-refractivity contribution in [2.75, 3.05) is 18.8 Å². The Hall–Kier alpha value is -1.82. The molecule has 0 saturated heterocycles. The normalized spacial score (nSPS) is 10.7. The van der Waals surface area contributed by atoms with Crippen LogP contribution in [0.15, 0.2) is 35.5 Å². The number of amides is 1. The Balaban J connectivity index is 2.13. The lowest BCUT2D eigenvalue weighted by Crippen LogP contribution is -2.31. The van der Waals surface area contributed by atoms with Gasteiger partial charge >= 0.3 is 0 Å². The average molecular weight is 318 g/mol. The van der Waals surface area contributed by atoms with Gasteiger partial charge in [0.25, 0.3) is 0 Å². The van der Waals surface area contributed by atoms with Gasteiger partial charge < -0.3 is 9.47 Å². The topological polar surface area (TPSA) is 51.0 Å². The van der Waals surface area contributed by atoms with Crippen LogP contribution < -0.4 is 0 Å². The zero-order valence-electron chi connectivity index (χ0n) is 13.3. The molecule has 2 aromatic rings. The summed E-state index contributed by atoms with van der Waals surface area (Å²) in [5.74, 6) is 1.39. The molecule has 0 fully saturated rings. The fraction of sp³-hybridized carbons (Fsp3) is 0.438.